The van der Waals surface area contributed by atoms with Gasteiger partial charge in [-0.3, -0.25) is 0 Å². The van der Waals surface area contributed by atoms with E-state index in [1.807, 2.05) is 45.0 Å². The van der Waals surface area contributed by atoms with E-state index in [1.54, 1.807) is 0 Å². The number of ether oxygens (including phenoxy) is 1. The lowest BCUT2D eigenvalue weighted by molar-refractivity contribution is 0.182. The Bertz CT molecular complexity index is 371. The van der Waals surface area contributed by atoms with Crippen LogP contribution in [0.3, 0.4) is 0 Å². The molecule has 0 heterocycles. The molecule has 17 heavy (non-hydrogen) atoms. The second-order valence-corrected chi connectivity index (χ2v) is 4.57. The zero-order valence-corrected chi connectivity index (χ0v) is 10.5. The fraction of sp³-hybridized carbons (Fsp3) is 0.462. The highest BCUT2D eigenvalue weighted by atomic mass is 16.5. The second-order valence-electron chi connectivity index (χ2n) is 4.57. The predicted octanol–water partition coefficient (Wildman–Crippen LogP) is 2.67. The number of carbonyl (C=O) groups is 1. The van der Waals surface area contributed by atoms with E-state index in [2.05, 4.69) is 5.32 Å². The van der Waals surface area contributed by atoms with Gasteiger partial charge in [0, 0.05) is 5.54 Å². The van der Waals surface area contributed by atoms with Crippen LogP contribution >= 0.6 is 0 Å². The van der Waals surface area contributed by atoms with Crippen LogP contribution in [-0.2, 0) is 6.42 Å². The fourth-order valence-electron chi connectivity index (χ4n) is 1.71. The Morgan fingerprint density at radius 1 is 1.35 bits per heavy atom. The number of hydrogen-bond donors (Lipinski definition) is 2. The Morgan fingerprint density at radius 3 is 2.41 bits per heavy atom. The summed E-state index contributed by atoms with van der Waals surface area (Å²) in [7, 11) is 0. The molecule has 0 fully saturated rings. The quantitative estimate of drug-likeness (QED) is 0.827. The molecule has 0 spiro atoms. The van der Waals surface area contributed by atoms with Gasteiger partial charge in [-0.2, -0.15) is 0 Å². The van der Waals surface area contributed by atoms with Crippen LogP contribution in [0.25, 0.3) is 0 Å². The molecule has 0 aliphatic rings. The second kappa shape index (κ2) is 5.57. The molecular weight excluding hydrogens is 218 g/mol. The van der Waals surface area contributed by atoms with Crippen molar-refractivity contribution < 1.29 is 14.6 Å². The smallest absolute Gasteiger partial charge is 0.405 e. The van der Waals surface area contributed by atoms with E-state index in [0.717, 1.165) is 11.3 Å². The number of benzene rings is 1. The lowest BCUT2D eigenvalue weighted by Gasteiger charge is -2.24. The minimum absolute atomic E-state index is 0.473. The lowest BCUT2D eigenvalue weighted by Crippen LogP contribution is -2.44. The average Bonchev–Trinajstić information content (AvgIpc) is 2.18. The van der Waals surface area contributed by atoms with Gasteiger partial charge in [0.2, 0.25) is 0 Å². The van der Waals surface area contributed by atoms with E-state index in [9.17, 15) is 4.79 Å². The Labute approximate surface area is 102 Å². The molecule has 0 saturated carbocycles. The number of amides is 1. The third-order valence-electron chi connectivity index (χ3n) is 2.33. The first-order valence-electron chi connectivity index (χ1n) is 5.66. The first-order valence-corrected chi connectivity index (χ1v) is 5.66. The van der Waals surface area contributed by atoms with E-state index in [4.69, 9.17) is 9.84 Å². The molecule has 0 aliphatic heterocycles. The maximum atomic E-state index is 10.6. The summed E-state index contributed by atoms with van der Waals surface area (Å²) in [6.45, 7) is 6.30. The summed E-state index contributed by atoms with van der Waals surface area (Å²) in [5.74, 6) is 0.834. The van der Waals surface area contributed by atoms with Crippen molar-refractivity contribution in [1.82, 2.24) is 5.32 Å². The van der Waals surface area contributed by atoms with Crippen LogP contribution in [0.2, 0.25) is 0 Å². The summed E-state index contributed by atoms with van der Waals surface area (Å²) in [5, 5.41) is 11.2. The minimum atomic E-state index is -0.999. The Morgan fingerprint density at radius 2 is 1.94 bits per heavy atom. The van der Waals surface area contributed by atoms with Gasteiger partial charge in [0.05, 0.1) is 6.61 Å². The van der Waals surface area contributed by atoms with Crippen molar-refractivity contribution in [2.75, 3.05) is 6.61 Å². The van der Waals surface area contributed by atoms with Gasteiger partial charge in [0.15, 0.2) is 0 Å². The third kappa shape index (κ3) is 4.76. The van der Waals surface area contributed by atoms with Crippen molar-refractivity contribution >= 4 is 6.09 Å². The highest BCUT2D eigenvalue weighted by Gasteiger charge is 2.20. The van der Waals surface area contributed by atoms with E-state index < -0.39 is 11.6 Å². The Hall–Kier alpha value is -1.71. The van der Waals surface area contributed by atoms with Crippen molar-refractivity contribution in [3.05, 3.63) is 29.8 Å². The van der Waals surface area contributed by atoms with Gasteiger partial charge < -0.3 is 15.2 Å². The number of rotatable bonds is 5. The molecule has 1 amide bonds. The zero-order chi connectivity index (χ0) is 12.9. The van der Waals surface area contributed by atoms with Crippen molar-refractivity contribution in [3.8, 4) is 5.75 Å². The van der Waals surface area contributed by atoms with Crippen LogP contribution in [0.4, 0.5) is 4.79 Å². The highest BCUT2D eigenvalue weighted by molar-refractivity contribution is 5.65. The molecule has 0 aromatic heterocycles. The molecule has 0 atom stereocenters. The normalized spacial score (nSPS) is 11.0. The molecule has 1 aromatic rings. The summed E-state index contributed by atoms with van der Waals surface area (Å²) in [4.78, 5) is 10.6. The van der Waals surface area contributed by atoms with Crippen LogP contribution in [0.1, 0.15) is 26.3 Å². The molecule has 0 saturated heterocycles. The van der Waals surface area contributed by atoms with Gasteiger partial charge in [-0.15, -0.1) is 0 Å². The molecule has 0 unspecified atom stereocenters. The molecule has 0 radical (unpaired) electrons. The zero-order valence-electron chi connectivity index (χ0n) is 10.5. The fourth-order valence-corrected chi connectivity index (χ4v) is 1.71. The van der Waals surface area contributed by atoms with Gasteiger partial charge in [0.1, 0.15) is 5.75 Å². The molecule has 94 valence electrons. The first-order chi connectivity index (χ1) is 7.93. The van der Waals surface area contributed by atoms with Gasteiger partial charge in [-0.25, -0.2) is 4.79 Å². The molecule has 2 N–H and O–H groups in total. The average molecular weight is 237 g/mol. The maximum Gasteiger partial charge on any atom is 0.405 e. The maximum absolute atomic E-state index is 10.6. The number of carboxylic acid groups (broad SMARTS) is 1. The summed E-state index contributed by atoms with van der Waals surface area (Å²) in [5.41, 5.74) is 0.603. The number of hydrogen-bond acceptors (Lipinski definition) is 2. The van der Waals surface area contributed by atoms with E-state index in [0.29, 0.717) is 13.0 Å². The molecule has 1 aromatic carbocycles. The Kier molecular flexibility index (Phi) is 4.37. The number of nitrogens with one attached hydrogen (secondary N) is 1. The van der Waals surface area contributed by atoms with Gasteiger partial charge in [-0.1, -0.05) is 12.1 Å². The summed E-state index contributed by atoms with van der Waals surface area (Å²) in [6, 6.07) is 7.71. The molecule has 4 heteroatoms. The molecule has 0 aliphatic carbocycles. The van der Waals surface area contributed by atoms with Crippen molar-refractivity contribution in [3.63, 3.8) is 0 Å². The molecule has 4 nitrogen and oxygen atoms in total. The SMILES string of the molecule is CCOc1ccc(CC(C)(C)NC(=O)O)cc1. The first kappa shape index (κ1) is 13.4. The van der Waals surface area contributed by atoms with Crippen LogP contribution in [0.5, 0.6) is 5.75 Å². The Balaban J connectivity index is 2.65. The monoisotopic (exact) mass is 237 g/mol. The van der Waals surface area contributed by atoms with Gasteiger partial charge in [0.25, 0.3) is 0 Å². The van der Waals surface area contributed by atoms with Gasteiger partial charge in [-0.05, 0) is 44.9 Å². The summed E-state index contributed by atoms with van der Waals surface area (Å²) < 4.78 is 5.35. The molecular formula is C13H19NO3. The largest absolute Gasteiger partial charge is 0.494 e. The van der Waals surface area contributed by atoms with Crippen LogP contribution < -0.4 is 10.1 Å². The lowest BCUT2D eigenvalue weighted by atomic mass is 9.95. The summed E-state index contributed by atoms with van der Waals surface area (Å²) >= 11 is 0. The standard InChI is InChI=1S/C13H19NO3/c1-4-17-11-7-5-10(6-8-11)9-13(2,3)14-12(15)16/h5-8,14H,4,9H2,1-3H3,(H,15,16). The molecule has 0 bridgehead atoms. The van der Waals surface area contributed by atoms with Crippen molar-refractivity contribution in [2.45, 2.75) is 32.7 Å². The molecule has 1 rings (SSSR count). The van der Waals surface area contributed by atoms with Crippen LogP contribution in [0, 0.1) is 0 Å². The topological polar surface area (TPSA) is 58.6 Å². The van der Waals surface area contributed by atoms with Crippen LogP contribution in [0.15, 0.2) is 24.3 Å². The van der Waals surface area contributed by atoms with Gasteiger partial charge >= 0.3 is 6.09 Å². The third-order valence-corrected chi connectivity index (χ3v) is 2.33. The van der Waals surface area contributed by atoms with E-state index in [-0.39, 0.29) is 0 Å². The van der Waals surface area contributed by atoms with E-state index >= 15 is 0 Å². The predicted molar refractivity (Wildman–Crippen MR) is 66.6 cm³/mol. The van der Waals surface area contributed by atoms with E-state index in [1.165, 1.54) is 0 Å². The minimum Gasteiger partial charge on any atom is -0.494 e. The van der Waals surface area contributed by atoms with Crippen LogP contribution in [-0.4, -0.2) is 23.3 Å². The summed E-state index contributed by atoms with van der Waals surface area (Å²) in [6.07, 6.45) is -0.355. The highest BCUT2D eigenvalue weighted by Crippen LogP contribution is 2.17. The van der Waals surface area contributed by atoms with Crippen molar-refractivity contribution in [2.24, 2.45) is 0 Å². The van der Waals surface area contributed by atoms with Crippen molar-refractivity contribution in [1.29, 1.82) is 0 Å².